The Morgan fingerprint density at radius 2 is 1.54 bits per heavy atom. The molecule has 0 aliphatic heterocycles. The van der Waals surface area contributed by atoms with Crippen molar-refractivity contribution in [1.29, 1.82) is 0 Å². The van der Waals surface area contributed by atoms with E-state index in [0.29, 0.717) is 0 Å². The first-order valence-electron chi connectivity index (χ1n) is 8.01. The van der Waals surface area contributed by atoms with Gasteiger partial charge in [-0.1, -0.05) is 74.5 Å². The molecule has 0 aliphatic rings. The van der Waals surface area contributed by atoms with E-state index < -0.39 is 15.4 Å². The fourth-order valence-electron chi connectivity index (χ4n) is 2.70. The maximum atomic E-state index is 12.4. The molecular weight excluding hydrogens is 322 g/mol. The summed E-state index contributed by atoms with van der Waals surface area (Å²) in [6.45, 7) is 4.12. The fourth-order valence-corrected chi connectivity index (χ4v) is 3.85. The average molecular weight is 347 g/mol. The molecule has 1 unspecified atom stereocenters. The van der Waals surface area contributed by atoms with Gasteiger partial charge in [0.05, 0.1) is 5.75 Å². The van der Waals surface area contributed by atoms with Gasteiger partial charge in [-0.05, 0) is 16.5 Å². The van der Waals surface area contributed by atoms with E-state index in [1.54, 1.807) is 12.1 Å². The van der Waals surface area contributed by atoms with Crippen molar-refractivity contribution in [2.24, 2.45) is 5.41 Å². The van der Waals surface area contributed by atoms with Gasteiger partial charge in [0.15, 0.2) is 0 Å². The summed E-state index contributed by atoms with van der Waals surface area (Å²) in [5.74, 6) is -0.163. The zero-order valence-electron chi connectivity index (χ0n) is 14.1. The predicted octanol–water partition coefficient (Wildman–Crippen LogP) is 2.91. The van der Waals surface area contributed by atoms with E-state index >= 15 is 0 Å². The zero-order valence-corrected chi connectivity index (χ0v) is 15.0. The van der Waals surface area contributed by atoms with E-state index in [0.717, 1.165) is 11.1 Å². The molecule has 0 amide bonds. The van der Waals surface area contributed by atoms with Crippen molar-refractivity contribution in [3.63, 3.8) is 0 Å². The second-order valence-electron chi connectivity index (χ2n) is 6.70. The van der Waals surface area contributed by atoms with Crippen LogP contribution in [0.3, 0.4) is 0 Å². The molecule has 0 bridgehead atoms. The second-order valence-corrected chi connectivity index (χ2v) is 8.51. The lowest BCUT2D eigenvalue weighted by Gasteiger charge is -2.33. The first-order valence-corrected chi connectivity index (χ1v) is 9.66. The van der Waals surface area contributed by atoms with Crippen LogP contribution in [0.5, 0.6) is 0 Å². The maximum absolute atomic E-state index is 12.4. The first-order chi connectivity index (χ1) is 11.3. The van der Waals surface area contributed by atoms with Gasteiger partial charge in [0.1, 0.15) is 0 Å². The molecule has 0 heterocycles. The van der Waals surface area contributed by atoms with E-state index in [1.165, 1.54) is 0 Å². The molecule has 0 aliphatic carbocycles. The Morgan fingerprint density at radius 1 is 1.00 bits per heavy atom. The van der Waals surface area contributed by atoms with Gasteiger partial charge in [-0.15, -0.1) is 0 Å². The van der Waals surface area contributed by atoms with Crippen LogP contribution in [0, 0.1) is 5.41 Å². The first kappa shape index (κ1) is 18.6. The number of aliphatic hydroxyl groups excluding tert-OH is 1. The van der Waals surface area contributed by atoms with Crippen LogP contribution in [-0.4, -0.2) is 26.7 Å². The monoisotopic (exact) mass is 347 g/mol. The Morgan fingerprint density at radius 3 is 2.08 bits per heavy atom. The Labute approximate surface area is 144 Å². The van der Waals surface area contributed by atoms with Crippen LogP contribution < -0.4 is 4.72 Å². The summed E-state index contributed by atoms with van der Waals surface area (Å²) in [5.41, 5.74) is 1.33. The van der Waals surface area contributed by atoms with Crippen molar-refractivity contribution in [3.05, 3.63) is 71.8 Å². The molecule has 2 rings (SSSR count). The molecule has 2 N–H and O–H groups in total. The molecule has 0 spiro atoms. The Hall–Kier alpha value is -1.69. The highest BCUT2D eigenvalue weighted by atomic mass is 32.2. The van der Waals surface area contributed by atoms with Gasteiger partial charge in [0, 0.05) is 19.1 Å². The van der Waals surface area contributed by atoms with Crippen LogP contribution in [0.2, 0.25) is 0 Å². The number of nitrogens with one attached hydrogen (secondary N) is 1. The van der Waals surface area contributed by atoms with Crippen molar-refractivity contribution in [2.45, 2.75) is 25.5 Å². The highest BCUT2D eigenvalue weighted by Crippen LogP contribution is 2.34. The molecule has 0 radical (unpaired) electrons. The largest absolute Gasteiger partial charge is 0.396 e. The minimum atomic E-state index is -3.44. The van der Waals surface area contributed by atoms with Gasteiger partial charge < -0.3 is 5.11 Å². The molecule has 24 heavy (non-hydrogen) atoms. The Balaban J connectivity index is 2.13. The summed E-state index contributed by atoms with van der Waals surface area (Å²) in [5, 5.41) is 9.71. The van der Waals surface area contributed by atoms with Crippen LogP contribution in [-0.2, 0) is 15.8 Å². The molecule has 5 heteroatoms. The molecule has 4 nitrogen and oxygen atoms in total. The van der Waals surface area contributed by atoms with Crippen molar-refractivity contribution in [3.8, 4) is 0 Å². The summed E-state index contributed by atoms with van der Waals surface area (Å²) in [4.78, 5) is 0. The number of sulfonamides is 1. The third-order valence-corrected chi connectivity index (χ3v) is 5.58. The molecular formula is C19H25NO3S. The summed E-state index contributed by atoms with van der Waals surface area (Å²) in [6, 6.07) is 18.8. The van der Waals surface area contributed by atoms with Crippen LogP contribution >= 0.6 is 0 Å². The molecule has 0 saturated heterocycles. The summed E-state index contributed by atoms with van der Waals surface area (Å²) in [6.07, 6.45) is 0. The van der Waals surface area contributed by atoms with Crippen LogP contribution in [0.1, 0.15) is 30.9 Å². The molecule has 0 fully saturated rings. The van der Waals surface area contributed by atoms with Gasteiger partial charge in [-0.2, -0.15) is 0 Å². The fraction of sp³-hybridized carbons (Fsp3) is 0.368. The highest BCUT2D eigenvalue weighted by molar-refractivity contribution is 7.88. The smallest absolute Gasteiger partial charge is 0.215 e. The quantitative estimate of drug-likeness (QED) is 0.772. The number of hydrogen-bond acceptors (Lipinski definition) is 3. The lowest BCUT2D eigenvalue weighted by atomic mass is 9.75. The summed E-state index contributed by atoms with van der Waals surface area (Å²) < 4.78 is 27.5. The van der Waals surface area contributed by atoms with Gasteiger partial charge >= 0.3 is 0 Å². The van der Waals surface area contributed by atoms with Crippen LogP contribution in [0.15, 0.2) is 60.7 Å². The van der Waals surface area contributed by atoms with Crippen molar-refractivity contribution < 1.29 is 13.5 Å². The molecule has 0 saturated carbocycles. The van der Waals surface area contributed by atoms with Crippen molar-refractivity contribution in [1.82, 2.24) is 4.72 Å². The molecule has 2 aromatic rings. The topological polar surface area (TPSA) is 66.4 Å². The van der Waals surface area contributed by atoms with E-state index in [9.17, 15) is 13.5 Å². The number of aliphatic hydroxyl groups is 1. The minimum Gasteiger partial charge on any atom is -0.396 e. The highest BCUT2D eigenvalue weighted by Gasteiger charge is 2.31. The van der Waals surface area contributed by atoms with E-state index in [1.807, 2.05) is 62.4 Å². The summed E-state index contributed by atoms with van der Waals surface area (Å²) in [7, 11) is -3.44. The average Bonchev–Trinajstić information content (AvgIpc) is 2.56. The third kappa shape index (κ3) is 5.16. The van der Waals surface area contributed by atoms with E-state index in [2.05, 4.69) is 4.72 Å². The van der Waals surface area contributed by atoms with E-state index in [-0.39, 0.29) is 24.8 Å². The van der Waals surface area contributed by atoms with Crippen LogP contribution in [0.25, 0.3) is 0 Å². The van der Waals surface area contributed by atoms with Crippen LogP contribution in [0.4, 0.5) is 0 Å². The predicted molar refractivity (Wildman–Crippen MR) is 97.1 cm³/mol. The Kier molecular flexibility index (Phi) is 6.15. The standard InChI is InChI=1S/C19H25NO3S/c1-19(2,15-21)18(17-11-7-4-8-12-17)13-20-24(22,23)14-16-9-5-3-6-10-16/h3-12,18,20-21H,13-15H2,1-2H3. The zero-order chi connectivity index (χ0) is 17.6. The van der Waals surface area contributed by atoms with Crippen molar-refractivity contribution in [2.75, 3.05) is 13.2 Å². The molecule has 130 valence electrons. The van der Waals surface area contributed by atoms with Gasteiger partial charge in [0.25, 0.3) is 0 Å². The normalized spacial score (nSPS) is 13.6. The number of benzene rings is 2. The number of rotatable bonds is 8. The van der Waals surface area contributed by atoms with Gasteiger partial charge in [-0.3, -0.25) is 0 Å². The van der Waals surface area contributed by atoms with Gasteiger partial charge in [0.2, 0.25) is 10.0 Å². The molecule has 1 atom stereocenters. The number of hydrogen-bond donors (Lipinski definition) is 2. The lowest BCUT2D eigenvalue weighted by molar-refractivity contribution is 0.131. The maximum Gasteiger partial charge on any atom is 0.215 e. The molecule has 2 aromatic carbocycles. The summed E-state index contributed by atoms with van der Waals surface area (Å²) >= 11 is 0. The second kappa shape index (κ2) is 7.92. The Bertz CT molecular complexity index is 728. The third-order valence-electron chi connectivity index (χ3n) is 4.26. The van der Waals surface area contributed by atoms with Gasteiger partial charge in [-0.25, -0.2) is 13.1 Å². The van der Waals surface area contributed by atoms with E-state index in [4.69, 9.17) is 0 Å². The molecule has 0 aromatic heterocycles. The minimum absolute atomic E-state index is 0.0209. The van der Waals surface area contributed by atoms with Crippen molar-refractivity contribution >= 4 is 10.0 Å². The lowest BCUT2D eigenvalue weighted by Crippen LogP contribution is -2.37. The SMILES string of the molecule is CC(C)(CO)C(CNS(=O)(=O)Cc1ccccc1)c1ccccc1.